The predicted octanol–water partition coefficient (Wildman–Crippen LogP) is 1.18. The van der Waals surface area contributed by atoms with Gasteiger partial charge in [0.15, 0.2) is 0 Å². The molecule has 1 aliphatic rings. The zero-order chi connectivity index (χ0) is 12.6. The van der Waals surface area contributed by atoms with Crippen LogP contribution in [0.15, 0.2) is 6.20 Å². The first-order valence-electron chi connectivity index (χ1n) is 5.70. The maximum absolute atomic E-state index is 11.7. The quantitative estimate of drug-likeness (QED) is 0.825. The Balaban J connectivity index is 2.38. The van der Waals surface area contributed by atoms with Gasteiger partial charge >= 0.3 is 6.03 Å². The third kappa shape index (κ3) is 1.90. The first-order chi connectivity index (χ1) is 8.04. The van der Waals surface area contributed by atoms with Gasteiger partial charge in [-0.3, -0.25) is 15.4 Å². The lowest BCUT2D eigenvalue weighted by Gasteiger charge is -2.21. The van der Waals surface area contributed by atoms with Crippen molar-refractivity contribution in [3.05, 3.63) is 17.5 Å². The van der Waals surface area contributed by atoms with Gasteiger partial charge in [0, 0.05) is 25.4 Å². The largest absolute Gasteiger partial charge is 0.323 e. The number of urea groups is 1. The van der Waals surface area contributed by atoms with Gasteiger partial charge in [-0.05, 0) is 13.3 Å². The van der Waals surface area contributed by atoms with Gasteiger partial charge in [0.25, 0.3) is 0 Å². The summed E-state index contributed by atoms with van der Waals surface area (Å²) in [6.07, 6.45) is 2.74. The molecule has 6 nitrogen and oxygen atoms in total. The molecule has 0 aliphatic carbocycles. The monoisotopic (exact) mass is 235 g/mol. The second kappa shape index (κ2) is 4.20. The molecule has 1 fully saturated rings. The van der Waals surface area contributed by atoms with E-state index in [9.17, 15) is 4.79 Å². The highest BCUT2D eigenvalue weighted by molar-refractivity contribution is 6.06. The van der Waals surface area contributed by atoms with E-state index in [4.69, 9.17) is 5.41 Å². The number of rotatable bonds is 3. The highest BCUT2D eigenvalue weighted by atomic mass is 16.2. The van der Waals surface area contributed by atoms with Crippen molar-refractivity contribution in [3.63, 3.8) is 0 Å². The molecule has 17 heavy (non-hydrogen) atoms. The molecule has 1 aliphatic heterocycles. The lowest BCUT2D eigenvalue weighted by atomic mass is 10.1. The van der Waals surface area contributed by atoms with Crippen molar-refractivity contribution in [3.8, 4) is 0 Å². The van der Waals surface area contributed by atoms with E-state index in [1.165, 1.54) is 0 Å². The standard InChI is InChI=1S/C11H17N5O/c1-4-5-16-9(10(12)13-11(16)17)8-6-15(3)14-7(8)2/h6,9H,4-5H2,1-3H3,(H2,12,13,17). The SMILES string of the molecule is CCCN1C(=O)NC(=N)C1c1cn(C)nc1C. The van der Waals surface area contributed by atoms with E-state index in [-0.39, 0.29) is 17.9 Å². The highest BCUT2D eigenvalue weighted by Crippen LogP contribution is 2.27. The maximum Gasteiger partial charge on any atom is 0.323 e. The van der Waals surface area contributed by atoms with Gasteiger partial charge in [-0.2, -0.15) is 5.10 Å². The second-order valence-corrected chi connectivity index (χ2v) is 4.28. The normalized spacial score (nSPS) is 19.9. The molecule has 2 heterocycles. The van der Waals surface area contributed by atoms with Crippen LogP contribution in [0.2, 0.25) is 0 Å². The van der Waals surface area contributed by atoms with Crippen molar-refractivity contribution < 1.29 is 4.79 Å². The molecular formula is C11H17N5O. The van der Waals surface area contributed by atoms with Gasteiger partial charge in [0.2, 0.25) is 0 Å². The van der Waals surface area contributed by atoms with E-state index in [1.807, 2.05) is 27.1 Å². The summed E-state index contributed by atoms with van der Waals surface area (Å²) < 4.78 is 1.71. The third-order valence-electron chi connectivity index (χ3n) is 2.90. The first-order valence-corrected chi connectivity index (χ1v) is 5.70. The Kier molecular flexibility index (Phi) is 2.87. The summed E-state index contributed by atoms with van der Waals surface area (Å²) in [6.45, 7) is 4.56. The zero-order valence-electron chi connectivity index (χ0n) is 10.3. The van der Waals surface area contributed by atoms with Crippen molar-refractivity contribution in [1.82, 2.24) is 20.0 Å². The van der Waals surface area contributed by atoms with Crippen molar-refractivity contribution in [1.29, 1.82) is 5.41 Å². The number of amidine groups is 1. The van der Waals surface area contributed by atoms with Crippen LogP contribution >= 0.6 is 0 Å². The van der Waals surface area contributed by atoms with Crippen molar-refractivity contribution in [2.75, 3.05) is 6.54 Å². The van der Waals surface area contributed by atoms with Gasteiger partial charge in [0.1, 0.15) is 11.9 Å². The Morgan fingerprint density at radius 3 is 2.82 bits per heavy atom. The van der Waals surface area contributed by atoms with Crippen molar-refractivity contribution in [2.45, 2.75) is 26.3 Å². The number of aromatic nitrogens is 2. The fourth-order valence-corrected chi connectivity index (χ4v) is 2.21. The minimum absolute atomic E-state index is 0.190. The van der Waals surface area contributed by atoms with Crippen LogP contribution in [0.4, 0.5) is 4.79 Å². The van der Waals surface area contributed by atoms with Crippen LogP contribution < -0.4 is 5.32 Å². The third-order valence-corrected chi connectivity index (χ3v) is 2.90. The average Bonchev–Trinajstić information content (AvgIpc) is 2.69. The smallest absolute Gasteiger partial charge is 0.310 e. The topological polar surface area (TPSA) is 74.0 Å². The minimum atomic E-state index is -0.309. The van der Waals surface area contributed by atoms with E-state index >= 15 is 0 Å². The zero-order valence-corrected chi connectivity index (χ0v) is 10.3. The van der Waals surface area contributed by atoms with Gasteiger partial charge in [-0.25, -0.2) is 4.79 Å². The molecule has 1 aromatic heterocycles. The maximum atomic E-state index is 11.7. The summed E-state index contributed by atoms with van der Waals surface area (Å²) in [4.78, 5) is 13.4. The molecule has 1 saturated heterocycles. The lowest BCUT2D eigenvalue weighted by molar-refractivity contribution is 0.205. The van der Waals surface area contributed by atoms with Crippen LogP contribution in [-0.2, 0) is 7.05 Å². The number of hydrogen-bond acceptors (Lipinski definition) is 3. The lowest BCUT2D eigenvalue weighted by Crippen LogP contribution is -2.30. The van der Waals surface area contributed by atoms with Crippen LogP contribution in [-0.4, -0.2) is 33.1 Å². The summed E-state index contributed by atoms with van der Waals surface area (Å²) in [5.74, 6) is 0.236. The summed E-state index contributed by atoms with van der Waals surface area (Å²) in [5.41, 5.74) is 1.78. The Labute approximate surface area is 100 Å². The van der Waals surface area contributed by atoms with Crippen LogP contribution in [0, 0.1) is 12.3 Å². The Morgan fingerprint density at radius 2 is 2.29 bits per heavy atom. The number of nitrogens with one attached hydrogen (secondary N) is 2. The number of carbonyl (C=O) groups excluding carboxylic acids is 1. The van der Waals surface area contributed by atoms with Crippen molar-refractivity contribution >= 4 is 11.9 Å². The Morgan fingerprint density at radius 1 is 1.59 bits per heavy atom. The molecular weight excluding hydrogens is 218 g/mol. The molecule has 0 aromatic carbocycles. The van der Waals surface area contributed by atoms with Gasteiger partial charge in [0.05, 0.1) is 5.69 Å². The minimum Gasteiger partial charge on any atom is -0.310 e. The molecule has 92 valence electrons. The van der Waals surface area contributed by atoms with Crippen LogP contribution in [0.1, 0.15) is 30.6 Å². The molecule has 0 spiro atoms. The van der Waals surface area contributed by atoms with E-state index in [2.05, 4.69) is 10.4 Å². The molecule has 1 unspecified atom stereocenters. The van der Waals surface area contributed by atoms with Crippen LogP contribution in [0.5, 0.6) is 0 Å². The predicted molar refractivity (Wildman–Crippen MR) is 63.9 cm³/mol. The Hall–Kier alpha value is -1.85. The Bertz CT molecular complexity index is 464. The molecule has 0 saturated carbocycles. The van der Waals surface area contributed by atoms with Gasteiger partial charge in [-0.15, -0.1) is 0 Å². The molecule has 2 rings (SSSR count). The van der Waals surface area contributed by atoms with E-state index in [1.54, 1.807) is 9.58 Å². The van der Waals surface area contributed by atoms with Gasteiger partial charge in [-0.1, -0.05) is 6.92 Å². The molecule has 0 radical (unpaired) electrons. The number of amides is 2. The first kappa shape index (κ1) is 11.6. The number of nitrogens with zero attached hydrogens (tertiary/aromatic N) is 3. The molecule has 1 atom stereocenters. The van der Waals surface area contributed by atoms with Crippen molar-refractivity contribution in [2.24, 2.45) is 7.05 Å². The molecule has 6 heteroatoms. The molecule has 0 bridgehead atoms. The summed E-state index contributed by atoms with van der Waals surface area (Å²) >= 11 is 0. The number of aryl methyl sites for hydroxylation is 2. The van der Waals surface area contributed by atoms with E-state index in [0.717, 1.165) is 17.7 Å². The average molecular weight is 235 g/mol. The highest BCUT2D eigenvalue weighted by Gasteiger charge is 2.37. The summed E-state index contributed by atoms with van der Waals surface area (Å²) in [6, 6.07) is -0.499. The van der Waals surface area contributed by atoms with Gasteiger partial charge < -0.3 is 4.90 Å². The van der Waals surface area contributed by atoms with E-state index in [0.29, 0.717) is 6.54 Å². The number of carbonyl (C=O) groups is 1. The summed E-state index contributed by atoms with van der Waals surface area (Å²) in [5, 5.41) is 14.7. The fraction of sp³-hybridized carbons (Fsp3) is 0.545. The summed E-state index contributed by atoms with van der Waals surface area (Å²) in [7, 11) is 1.84. The second-order valence-electron chi connectivity index (χ2n) is 4.28. The van der Waals surface area contributed by atoms with E-state index < -0.39 is 0 Å². The fourth-order valence-electron chi connectivity index (χ4n) is 2.21. The van der Waals surface area contributed by atoms with Crippen LogP contribution in [0.3, 0.4) is 0 Å². The number of hydrogen-bond donors (Lipinski definition) is 2. The molecule has 2 N–H and O–H groups in total. The molecule has 1 aromatic rings. The molecule has 2 amide bonds. The van der Waals surface area contributed by atoms with Crippen LogP contribution in [0.25, 0.3) is 0 Å².